The van der Waals surface area contributed by atoms with Crippen molar-refractivity contribution in [1.29, 1.82) is 0 Å². The van der Waals surface area contributed by atoms with Crippen LogP contribution in [0.25, 0.3) is 0 Å². The van der Waals surface area contributed by atoms with Gasteiger partial charge >= 0.3 is 0 Å². The van der Waals surface area contributed by atoms with E-state index in [-0.39, 0.29) is 29.9 Å². The average molecular weight is 435 g/mol. The maximum Gasteiger partial charge on any atom is 0.243 e. The Bertz CT molecular complexity index is 904. The summed E-state index contributed by atoms with van der Waals surface area (Å²) in [6, 6.07) is 9.83. The SMILES string of the molecule is CCOc1ccc(S(=O)(=O)N(CC(=O)N(C)C2CCCCC2)Cc2ccco2)cc1. The number of nitrogens with zero attached hydrogens (tertiary/aromatic N) is 2. The van der Waals surface area contributed by atoms with Crippen LogP contribution in [0, 0.1) is 0 Å². The van der Waals surface area contributed by atoms with Crippen LogP contribution in [-0.4, -0.2) is 49.8 Å². The first-order valence-corrected chi connectivity index (χ1v) is 11.9. The van der Waals surface area contributed by atoms with Gasteiger partial charge < -0.3 is 14.1 Å². The van der Waals surface area contributed by atoms with Crippen LogP contribution in [0.2, 0.25) is 0 Å². The molecule has 1 aromatic heterocycles. The molecule has 8 heteroatoms. The fraction of sp³-hybridized carbons (Fsp3) is 0.500. The third kappa shape index (κ3) is 5.43. The summed E-state index contributed by atoms with van der Waals surface area (Å²) in [4.78, 5) is 14.8. The average Bonchev–Trinajstić information content (AvgIpc) is 3.27. The summed E-state index contributed by atoms with van der Waals surface area (Å²) in [5.74, 6) is 0.878. The molecule has 3 rings (SSSR count). The van der Waals surface area contributed by atoms with E-state index in [1.807, 2.05) is 6.92 Å². The molecule has 0 bridgehead atoms. The predicted octanol–water partition coefficient (Wildman–Crippen LogP) is 3.66. The summed E-state index contributed by atoms with van der Waals surface area (Å²) in [7, 11) is -2.13. The molecular weight excluding hydrogens is 404 g/mol. The van der Waals surface area contributed by atoms with Crippen LogP contribution in [0.5, 0.6) is 5.75 Å². The molecule has 1 fully saturated rings. The van der Waals surface area contributed by atoms with Gasteiger partial charge in [0.25, 0.3) is 0 Å². The molecule has 1 aliphatic carbocycles. The quantitative estimate of drug-likeness (QED) is 0.602. The maximum atomic E-state index is 13.3. The van der Waals surface area contributed by atoms with Crippen LogP contribution < -0.4 is 4.74 Å². The molecule has 30 heavy (non-hydrogen) atoms. The summed E-state index contributed by atoms with van der Waals surface area (Å²) in [5.41, 5.74) is 0. The monoisotopic (exact) mass is 434 g/mol. The van der Waals surface area contributed by atoms with E-state index in [9.17, 15) is 13.2 Å². The number of furan rings is 1. The minimum atomic E-state index is -3.90. The van der Waals surface area contributed by atoms with Gasteiger partial charge in [-0.05, 0) is 56.2 Å². The Morgan fingerprint density at radius 3 is 2.43 bits per heavy atom. The highest BCUT2D eigenvalue weighted by Gasteiger charge is 2.30. The number of hydrogen-bond acceptors (Lipinski definition) is 5. The first kappa shape index (κ1) is 22.4. The predicted molar refractivity (Wildman–Crippen MR) is 114 cm³/mol. The minimum absolute atomic E-state index is 0.00715. The van der Waals surface area contributed by atoms with E-state index in [0.29, 0.717) is 18.1 Å². The van der Waals surface area contributed by atoms with Crippen LogP contribution in [0.3, 0.4) is 0 Å². The Hall–Kier alpha value is -2.32. The highest BCUT2D eigenvalue weighted by atomic mass is 32.2. The molecule has 0 aliphatic heterocycles. The molecule has 1 aromatic carbocycles. The molecule has 0 atom stereocenters. The summed E-state index contributed by atoms with van der Waals surface area (Å²) >= 11 is 0. The van der Waals surface area contributed by atoms with Gasteiger partial charge in [0.05, 0.1) is 30.9 Å². The third-order valence-corrected chi connectivity index (χ3v) is 7.32. The summed E-state index contributed by atoms with van der Waals surface area (Å²) in [6.45, 7) is 2.12. The lowest BCUT2D eigenvalue weighted by atomic mass is 9.94. The fourth-order valence-corrected chi connectivity index (χ4v) is 5.12. The number of amides is 1. The summed E-state index contributed by atoms with van der Waals surface area (Å²) in [5, 5.41) is 0. The van der Waals surface area contributed by atoms with E-state index in [4.69, 9.17) is 9.15 Å². The van der Waals surface area contributed by atoms with Crippen LogP contribution in [0.4, 0.5) is 0 Å². The molecule has 0 N–H and O–H groups in total. The maximum absolute atomic E-state index is 13.3. The van der Waals surface area contributed by atoms with Crippen molar-refractivity contribution < 1.29 is 22.4 Å². The van der Waals surface area contributed by atoms with Crippen LogP contribution in [-0.2, 0) is 21.4 Å². The molecule has 0 radical (unpaired) electrons. The molecule has 1 aliphatic rings. The molecule has 1 amide bonds. The molecule has 0 spiro atoms. The van der Waals surface area contributed by atoms with Crippen molar-refractivity contribution in [1.82, 2.24) is 9.21 Å². The van der Waals surface area contributed by atoms with Crippen LogP contribution in [0.1, 0.15) is 44.8 Å². The Kier molecular flexibility index (Phi) is 7.55. The minimum Gasteiger partial charge on any atom is -0.494 e. The van der Waals surface area contributed by atoms with E-state index in [1.54, 1.807) is 36.2 Å². The molecule has 7 nitrogen and oxygen atoms in total. The van der Waals surface area contributed by atoms with E-state index in [1.165, 1.54) is 29.1 Å². The Balaban J connectivity index is 1.81. The number of benzene rings is 1. The van der Waals surface area contributed by atoms with Gasteiger partial charge in [-0.25, -0.2) is 8.42 Å². The zero-order chi connectivity index (χ0) is 21.6. The van der Waals surface area contributed by atoms with Gasteiger partial charge in [0, 0.05) is 13.1 Å². The normalized spacial score (nSPS) is 15.3. The lowest BCUT2D eigenvalue weighted by molar-refractivity contribution is -0.132. The van der Waals surface area contributed by atoms with Gasteiger partial charge in [-0.2, -0.15) is 4.31 Å². The number of hydrogen-bond donors (Lipinski definition) is 0. The van der Waals surface area contributed by atoms with Gasteiger partial charge in [-0.1, -0.05) is 19.3 Å². The van der Waals surface area contributed by atoms with Gasteiger partial charge in [0.15, 0.2) is 0 Å². The van der Waals surface area contributed by atoms with Crippen LogP contribution in [0.15, 0.2) is 52.0 Å². The lowest BCUT2D eigenvalue weighted by Gasteiger charge is -2.32. The second kappa shape index (κ2) is 10.1. The molecule has 2 aromatic rings. The van der Waals surface area contributed by atoms with Crippen molar-refractivity contribution >= 4 is 15.9 Å². The van der Waals surface area contributed by atoms with Gasteiger partial charge in [0.2, 0.25) is 15.9 Å². The standard InChI is InChI=1S/C22H30N2O5S/c1-3-28-19-11-13-21(14-12-19)30(26,27)24(16-20-10-7-15-29-20)17-22(25)23(2)18-8-5-4-6-9-18/h7,10-15,18H,3-6,8-9,16-17H2,1-2H3. The number of sulfonamides is 1. The van der Waals surface area contributed by atoms with Gasteiger partial charge in [0.1, 0.15) is 11.5 Å². The second-order valence-electron chi connectivity index (χ2n) is 7.55. The zero-order valence-corrected chi connectivity index (χ0v) is 18.4. The Morgan fingerprint density at radius 1 is 1.13 bits per heavy atom. The molecule has 0 saturated heterocycles. The van der Waals surface area contributed by atoms with Crippen molar-refractivity contribution in [3.63, 3.8) is 0 Å². The topological polar surface area (TPSA) is 80.1 Å². The number of rotatable bonds is 9. The zero-order valence-electron chi connectivity index (χ0n) is 17.6. The number of carbonyl (C=O) groups excluding carboxylic acids is 1. The van der Waals surface area contributed by atoms with Gasteiger partial charge in [-0.3, -0.25) is 4.79 Å². The van der Waals surface area contributed by atoms with Crippen molar-refractivity contribution in [3.8, 4) is 5.75 Å². The molecule has 1 heterocycles. The Morgan fingerprint density at radius 2 is 1.83 bits per heavy atom. The third-order valence-electron chi connectivity index (χ3n) is 5.51. The molecule has 1 saturated carbocycles. The van der Waals surface area contributed by atoms with Crippen molar-refractivity contribution in [3.05, 3.63) is 48.4 Å². The van der Waals surface area contributed by atoms with Crippen molar-refractivity contribution in [2.75, 3.05) is 20.2 Å². The largest absolute Gasteiger partial charge is 0.494 e. The molecular formula is C22H30N2O5S. The van der Waals surface area contributed by atoms with Crippen molar-refractivity contribution in [2.45, 2.75) is 56.5 Å². The van der Waals surface area contributed by atoms with E-state index in [0.717, 1.165) is 25.7 Å². The number of ether oxygens (including phenoxy) is 1. The van der Waals surface area contributed by atoms with Crippen LogP contribution >= 0.6 is 0 Å². The fourth-order valence-electron chi connectivity index (χ4n) is 3.76. The van der Waals surface area contributed by atoms with E-state index in [2.05, 4.69) is 0 Å². The second-order valence-corrected chi connectivity index (χ2v) is 9.49. The summed E-state index contributed by atoms with van der Waals surface area (Å²) < 4.78 is 38.6. The van der Waals surface area contributed by atoms with Crippen molar-refractivity contribution in [2.24, 2.45) is 0 Å². The highest BCUT2D eigenvalue weighted by Crippen LogP contribution is 2.24. The lowest BCUT2D eigenvalue weighted by Crippen LogP contribution is -2.45. The first-order valence-electron chi connectivity index (χ1n) is 10.4. The van der Waals surface area contributed by atoms with Gasteiger partial charge in [-0.15, -0.1) is 0 Å². The number of carbonyl (C=O) groups is 1. The smallest absolute Gasteiger partial charge is 0.243 e. The highest BCUT2D eigenvalue weighted by molar-refractivity contribution is 7.89. The summed E-state index contributed by atoms with van der Waals surface area (Å²) in [6.07, 6.45) is 6.81. The van der Waals surface area contributed by atoms with E-state index >= 15 is 0 Å². The number of likely N-dealkylation sites (N-methyl/N-ethyl adjacent to an activating group) is 1. The first-order chi connectivity index (χ1) is 14.4. The van der Waals surface area contributed by atoms with E-state index < -0.39 is 10.0 Å². The molecule has 164 valence electrons. The Labute approximate surface area is 178 Å². The molecule has 0 unspecified atom stereocenters.